The number of pyridine rings is 1. The summed E-state index contributed by atoms with van der Waals surface area (Å²) < 4.78 is 30.9. The summed E-state index contributed by atoms with van der Waals surface area (Å²) >= 11 is 0. The van der Waals surface area contributed by atoms with Crippen LogP contribution in [0.15, 0.2) is 30.5 Å². The van der Waals surface area contributed by atoms with Crippen molar-refractivity contribution >= 4 is 11.5 Å². The molecular weight excluding hydrogens is 463 g/mol. The summed E-state index contributed by atoms with van der Waals surface area (Å²) in [6.07, 6.45) is 4.17. The zero-order valence-corrected chi connectivity index (χ0v) is 20.3. The maximum atomic E-state index is 14.6. The van der Waals surface area contributed by atoms with Gasteiger partial charge in [0.25, 0.3) is 0 Å². The standard InChI is InChI=1S/C26H29FN6O3/c1-29-22-7-15(27)6-20-19(22)9-23-24(20)25(33-11-14-5-17(33)8-21(14)28)32-26(31-23)36-18-4-3-16(30-10-18)12-35-13-34-2/h3-4,6-7,10,14,17,21,29H,5,8-9,11-13,28H2,1-2H3/t14-,17-,21-/m0/s1. The highest BCUT2D eigenvalue weighted by molar-refractivity contribution is 5.88. The Morgan fingerprint density at radius 1 is 1.22 bits per heavy atom. The van der Waals surface area contributed by atoms with Gasteiger partial charge in [-0.2, -0.15) is 9.97 Å². The highest BCUT2D eigenvalue weighted by Gasteiger charge is 2.45. The van der Waals surface area contributed by atoms with E-state index in [0.29, 0.717) is 30.7 Å². The number of hydrogen-bond acceptors (Lipinski definition) is 9. The van der Waals surface area contributed by atoms with Gasteiger partial charge >= 0.3 is 6.01 Å². The van der Waals surface area contributed by atoms with Gasteiger partial charge in [-0.25, -0.2) is 4.39 Å². The van der Waals surface area contributed by atoms with Crippen molar-refractivity contribution in [3.8, 4) is 22.9 Å². The number of methoxy groups -OCH3 is 1. The third-order valence-corrected chi connectivity index (χ3v) is 7.37. The number of hydrogen-bond donors (Lipinski definition) is 2. The van der Waals surface area contributed by atoms with Crippen molar-refractivity contribution in [2.75, 3.05) is 37.7 Å². The molecule has 3 heterocycles. The SMILES string of the molecule is CNc1cc(F)cc2c1Cc1nc(Oc3ccc(COCOC)nc3)nc(N3C[C@@H]4C[C@H]3C[C@@H]4N)c1-2. The van der Waals surface area contributed by atoms with Crippen LogP contribution in [0.1, 0.15) is 29.8 Å². The Morgan fingerprint density at radius 2 is 2.11 bits per heavy atom. The summed E-state index contributed by atoms with van der Waals surface area (Å²) in [4.78, 5) is 16.3. The molecule has 1 saturated carbocycles. The lowest BCUT2D eigenvalue weighted by molar-refractivity contribution is -0.0401. The van der Waals surface area contributed by atoms with Crippen LogP contribution in [-0.2, 0) is 22.5 Å². The van der Waals surface area contributed by atoms with E-state index < -0.39 is 0 Å². The molecule has 0 unspecified atom stereocenters. The molecule has 0 radical (unpaired) electrons. The van der Waals surface area contributed by atoms with Gasteiger partial charge < -0.3 is 30.2 Å². The first-order valence-corrected chi connectivity index (χ1v) is 12.2. The first kappa shape index (κ1) is 23.1. The third kappa shape index (κ3) is 4.04. The van der Waals surface area contributed by atoms with Crippen LogP contribution in [0.2, 0.25) is 0 Å². The number of ether oxygens (including phenoxy) is 3. The van der Waals surface area contributed by atoms with Gasteiger partial charge in [0.1, 0.15) is 24.2 Å². The molecule has 3 aliphatic rings. The number of benzene rings is 1. The van der Waals surface area contributed by atoms with Crippen molar-refractivity contribution in [3.05, 3.63) is 53.2 Å². The maximum absolute atomic E-state index is 14.6. The van der Waals surface area contributed by atoms with E-state index in [0.717, 1.165) is 59.0 Å². The molecule has 1 saturated heterocycles. The summed E-state index contributed by atoms with van der Waals surface area (Å²) in [6, 6.07) is 7.54. The van der Waals surface area contributed by atoms with E-state index in [9.17, 15) is 4.39 Å². The second kappa shape index (κ2) is 9.27. The zero-order chi connectivity index (χ0) is 24.8. The van der Waals surface area contributed by atoms with E-state index >= 15 is 0 Å². The molecule has 2 aromatic heterocycles. The molecule has 3 atom stereocenters. The minimum absolute atomic E-state index is 0.205. The van der Waals surface area contributed by atoms with Crippen LogP contribution in [0.3, 0.4) is 0 Å². The average molecular weight is 493 g/mol. The van der Waals surface area contributed by atoms with Crippen LogP contribution in [0, 0.1) is 11.7 Å². The Balaban J connectivity index is 1.36. The summed E-state index contributed by atoms with van der Waals surface area (Å²) in [6.45, 7) is 1.38. The Labute approximate surface area is 208 Å². The summed E-state index contributed by atoms with van der Waals surface area (Å²) in [5.41, 5.74) is 11.4. The Hall–Kier alpha value is -3.34. The van der Waals surface area contributed by atoms with Gasteiger partial charge in [-0.1, -0.05) is 0 Å². The van der Waals surface area contributed by atoms with Gasteiger partial charge in [0.05, 0.1) is 24.2 Å². The molecule has 2 fully saturated rings. The van der Waals surface area contributed by atoms with Gasteiger partial charge in [0.15, 0.2) is 0 Å². The summed E-state index contributed by atoms with van der Waals surface area (Å²) in [5.74, 6) is 1.46. The minimum atomic E-state index is -0.289. The van der Waals surface area contributed by atoms with Crippen molar-refractivity contribution in [3.63, 3.8) is 0 Å². The fourth-order valence-electron chi connectivity index (χ4n) is 5.71. The van der Waals surface area contributed by atoms with Crippen LogP contribution >= 0.6 is 0 Å². The van der Waals surface area contributed by atoms with Gasteiger partial charge in [-0.15, -0.1) is 0 Å². The Morgan fingerprint density at radius 3 is 2.81 bits per heavy atom. The maximum Gasteiger partial charge on any atom is 0.324 e. The molecule has 36 heavy (non-hydrogen) atoms. The predicted octanol–water partition coefficient (Wildman–Crippen LogP) is 3.46. The van der Waals surface area contributed by atoms with E-state index in [1.807, 2.05) is 12.1 Å². The monoisotopic (exact) mass is 492 g/mol. The number of nitrogens with zero attached hydrogens (tertiary/aromatic N) is 4. The second-order valence-electron chi connectivity index (χ2n) is 9.60. The van der Waals surface area contributed by atoms with E-state index in [1.54, 1.807) is 26.4 Å². The number of anilines is 2. The van der Waals surface area contributed by atoms with Crippen LogP contribution in [0.25, 0.3) is 11.1 Å². The number of halogens is 1. The van der Waals surface area contributed by atoms with Gasteiger partial charge in [-0.05, 0) is 54.2 Å². The number of nitrogens with two attached hydrogens (primary N) is 1. The molecule has 2 aliphatic carbocycles. The molecule has 0 amide bonds. The molecular formula is C26H29FN6O3. The third-order valence-electron chi connectivity index (χ3n) is 7.37. The van der Waals surface area contributed by atoms with Gasteiger partial charge in [-0.3, -0.25) is 4.98 Å². The molecule has 2 bridgehead atoms. The number of piperidine rings is 1. The van der Waals surface area contributed by atoms with Crippen molar-refractivity contribution in [1.82, 2.24) is 15.0 Å². The van der Waals surface area contributed by atoms with Crippen LogP contribution in [0.4, 0.5) is 15.9 Å². The van der Waals surface area contributed by atoms with E-state index in [-0.39, 0.29) is 24.7 Å². The van der Waals surface area contributed by atoms with E-state index in [1.165, 1.54) is 6.07 Å². The highest BCUT2D eigenvalue weighted by atomic mass is 19.1. The highest BCUT2D eigenvalue weighted by Crippen LogP contribution is 2.49. The number of nitrogens with one attached hydrogen (secondary N) is 1. The number of rotatable bonds is 8. The van der Waals surface area contributed by atoms with Crippen molar-refractivity contribution in [2.45, 2.75) is 38.0 Å². The normalized spacial score (nSPS) is 21.6. The largest absolute Gasteiger partial charge is 0.423 e. The Kier molecular flexibility index (Phi) is 5.94. The van der Waals surface area contributed by atoms with E-state index in [2.05, 4.69) is 15.2 Å². The molecule has 0 spiro atoms. The lowest BCUT2D eigenvalue weighted by atomic mass is 10.0. The van der Waals surface area contributed by atoms with Crippen molar-refractivity contribution in [2.24, 2.45) is 11.7 Å². The van der Waals surface area contributed by atoms with Crippen molar-refractivity contribution < 1.29 is 18.6 Å². The topological polar surface area (TPSA) is 108 Å². The summed E-state index contributed by atoms with van der Waals surface area (Å²) in [7, 11) is 3.38. The second-order valence-corrected chi connectivity index (χ2v) is 9.60. The lowest BCUT2D eigenvalue weighted by Gasteiger charge is -2.32. The van der Waals surface area contributed by atoms with Crippen LogP contribution in [-0.4, -0.2) is 54.5 Å². The average Bonchev–Trinajstić information content (AvgIpc) is 3.56. The summed E-state index contributed by atoms with van der Waals surface area (Å²) in [5, 5.41) is 3.13. The molecule has 1 aromatic carbocycles. The lowest BCUT2D eigenvalue weighted by Crippen LogP contribution is -2.41. The fraction of sp³-hybridized carbons (Fsp3) is 0.423. The van der Waals surface area contributed by atoms with Gasteiger partial charge in [0.2, 0.25) is 0 Å². The molecule has 1 aliphatic heterocycles. The fourth-order valence-corrected chi connectivity index (χ4v) is 5.71. The molecule has 3 aromatic rings. The minimum Gasteiger partial charge on any atom is -0.423 e. The zero-order valence-electron chi connectivity index (χ0n) is 20.3. The van der Waals surface area contributed by atoms with Crippen molar-refractivity contribution in [1.29, 1.82) is 0 Å². The number of aromatic nitrogens is 3. The molecule has 188 valence electrons. The smallest absolute Gasteiger partial charge is 0.324 e. The van der Waals surface area contributed by atoms with Crippen LogP contribution in [0.5, 0.6) is 11.8 Å². The Bertz CT molecular complexity index is 1290. The first-order valence-electron chi connectivity index (χ1n) is 12.2. The van der Waals surface area contributed by atoms with Crippen LogP contribution < -0.4 is 20.7 Å². The van der Waals surface area contributed by atoms with Gasteiger partial charge in [0, 0.05) is 50.5 Å². The molecule has 9 nitrogen and oxygen atoms in total. The molecule has 10 heteroatoms. The molecule has 6 rings (SSSR count). The quantitative estimate of drug-likeness (QED) is 0.282. The predicted molar refractivity (Wildman–Crippen MR) is 133 cm³/mol. The number of fused-ring (bicyclic) bond motifs is 5. The first-order chi connectivity index (χ1) is 17.5. The molecule has 3 N–H and O–H groups in total. The van der Waals surface area contributed by atoms with E-state index in [4.69, 9.17) is 29.9 Å².